The van der Waals surface area contributed by atoms with E-state index in [2.05, 4.69) is 5.32 Å². The topological polar surface area (TPSA) is 91.6 Å². The van der Waals surface area contributed by atoms with Crippen LogP contribution in [-0.2, 0) is 4.79 Å². The van der Waals surface area contributed by atoms with Crippen LogP contribution in [0.1, 0.15) is 12.5 Å². The molecular formula is C16H16N2O4S. The van der Waals surface area contributed by atoms with E-state index in [9.17, 15) is 9.90 Å². The number of benzene rings is 1. The van der Waals surface area contributed by atoms with E-state index in [1.54, 1.807) is 31.2 Å². The molecule has 0 saturated carbocycles. The first-order valence-corrected chi connectivity index (χ1v) is 6.89. The van der Waals surface area contributed by atoms with Crippen LogP contribution in [0.25, 0.3) is 6.08 Å². The molecule has 0 radical (unpaired) electrons. The summed E-state index contributed by atoms with van der Waals surface area (Å²) in [4.78, 5) is 12.0. The Morgan fingerprint density at radius 1 is 1.35 bits per heavy atom. The van der Waals surface area contributed by atoms with E-state index in [0.29, 0.717) is 5.56 Å². The Hall–Kier alpha value is -2.85. The van der Waals surface area contributed by atoms with Gasteiger partial charge in [0.05, 0.1) is 19.2 Å². The van der Waals surface area contributed by atoms with Gasteiger partial charge in [-0.2, -0.15) is 5.26 Å². The van der Waals surface area contributed by atoms with Crippen molar-refractivity contribution in [3.63, 3.8) is 0 Å². The molecule has 0 fully saturated rings. The number of aromatic hydroxyl groups is 1. The van der Waals surface area contributed by atoms with Gasteiger partial charge < -0.3 is 19.9 Å². The van der Waals surface area contributed by atoms with E-state index >= 15 is 0 Å². The maximum absolute atomic E-state index is 11.7. The molecule has 0 bridgehead atoms. The van der Waals surface area contributed by atoms with E-state index in [-0.39, 0.29) is 27.8 Å². The van der Waals surface area contributed by atoms with Crippen LogP contribution in [0.4, 0.5) is 0 Å². The maximum Gasteiger partial charge on any atom is 0.266 e. The van der Waals surface area contributed by atoms with Crippen molar-refractivity contribution in [1.82, 2.24) is 5.32 Å². The fraction of sp³-hybridized carbons (Fsp3) is 0.188. The van der Waals surface area contributed by atoms with Crippen LogP contribution in [0.15, 0.2) is 29.9 Å². The minimum atomic E-state index is -0.564. The van der Waals surface area contributed by atoms with Crippen LogP contribution < -0.4 is 14.8 Å². The number of ether oxygens (including phenoxy) is 2. The molecule has 0 unspecified atom stereocenters. The van der Waals surface area contributed by atoms with Gasteiger partial charge in [-0.1, -0.05) is 24.4 Å². The monoisotopic (exact) mass is 332 g/mol. The van der Waals surface area contributed by atoms with Gasteiger partial charge in [0.1, 0.15) is 11.6 Å². The minimum absolute atomic E-state index is 0.0804. The van der Waals surface area contributed by atoms with Gasteiger partial charge in [-0.3, -0.25) is 4.79 Å². The van der Waals surface area contributed by atoms with Crippen molar-refractivity contribution >= 4 is 29.2 Å². The first-order chi connectivity index (χ1) is 10.9. The first kappa shape index (κ1) is 18.2. The zero-order valence-corrected chi connectivity index (χ0v) is 13.7. The number of hydrogen-bond donors (Lipinski definition) is 2. The Balaban J connectivity index is 3.04. The van der Waals surface area contributed by atoms with Crippen LogP contribution in [0.3, 0.4) is 0 Å². The number of allylic oxidation sites excluding steroid dienone is 2. The standard InChI is InChI=1S/C16H16N2O4S/c1-10(23)18-16(20)12(9-17)6-4-5-11-7-13(21-2)15(19)14(8-11)22-3/h4-8,19H,1-3H3,(H,18,20,23). The third kappa shape index (κ3) is 5.13. The van der Waals surface area contributed by atoms with Crippen LogP contribution in [0.2, 0.25) is 0 Å². The molecule has 0 spiro atoms. The quantitative estimate of drug-likeness (QED) is 0.372. The van der Waals surface area contributed by atoms with Crippen molar-refractivity contribution in [2.75, 3.05) is 14.2 Å². The maximum atomic E-state index is 11.7. The number of nitriles is 1. The highest BCUT2D eigenvalue weighted by Gasteiger charge is 2.10. The molecule has 1 amide bonds. The number of rotatable bonds is 5. The molecule has 1 aromatic rings. The van der Waals surface area contributed by atoms with Crippen molar-refractivity contribution < 1.29 is 19.4 Å². The summed E-state index contributed by atoms with van der Waals surface area (Å²) in [5, 5.41) is 21.2. The summed E-state index contributed by atoms with van der Waals surface area (Å²) in [5.74, 6) is -0.160. The molecule has 0 aliphatic carbocycles. The molecule has 1 rings (SSSR count). The molecular weight excluding hydrogens is 316 g/mol. The zero-order chi connectivity index (χ0) is 17.4. The van der Waals surface area contributed by atoms with E-state index < -0.39 is 5.91 Å². The van der Waals surface area contributed by atoms with Crippen molar-refractivity contribution in [1.29, 1.82) is 5.26 Å². The number of carbonyl (C=O) groups is 1. The third-order valence-corrected chi connectivity index (χ3v) is 2.81. The number of thiocarbonyl (C=S) groups is 1. The average Bonchev–Trinajstić information content (AvgIpc) is 2.51. The lowest BCUT2D eigenvalue weighted by Gasteiger charge is -2.09. The molecule has 0 atom stereocenters. The second kappa shape index (κ2) is 8.56. The molecule has 0 heterocycles. The highest BCUT2D eigenvalue weighted by atomic mass is 32.1. The molecule has 0 aromatic heterocycles. The van der Waals surface area contributed by atoms with Crippen molar-refractivity contribution in [2.24, 2.45) is 0 Å². The van der Waals surface area contributed by atoms with E-state index in [1.165, 1.54) is 26.4 Å². The average molecular weight is 332 g/mol. The second-order valence-electron chi connectivity index (χ2n) is 4.34. The summed E-state index contributed by atoms with van der Waals surface area (Å²) < 4.78 is 10.1. The highest BCUT2D eigenvalue weighted by Crippen LogP contribution is 2.37. The molecule has 120 valence electrons. The highest BCUT2D eigenvalue weighted by molar-refractivity contribution is 7.80. The van der Waals surface area contributed by atoms with Gasteiger partial charge in [0, 0.05) is 0 Å². The van der Waals surface area contributed by atoms with Crippen LogP contribution in [-0.4, -0.2) is 30.2 Å². The number of nitrogens with zero attached hydrogens (tertiary/aromatic N) is 1. The zero-order valence-electron chi connectivity index (χ0n) is 12.9. The summed E-state index contributed by atoms with van der Waals surface area (Å²) in [7, 11) is 2.85. The predicted molar refractivity (Wildman–Crippen MR) is 90.4 cm³/mol. The summed E-state index contributed by atoms with van der Waals surface area (Å²) in [6.45, 7) is 1.55. The number of amides is 1. The fourth-order valence-electron chi connectivity index (χ4n) is 1.66. The molecule has 6 nitrogen and oxygen atoms in total. The molecule has 2 N–H and O–H groups in total. The minimum Gasteiger partial charge on any atom is -0.502 e. The molecule has 0 aliphatic rings. The van der Waals surface area contributed by atoms with Gasteiger partial charge in [0.25, 0.3) is 5.91 Å². The summed E-state index contributed by atoms with van der Waals surface area (Å²) >= 11 is 4.76. The number of carbonyl (C=O) groups excluding carboxylic acids is 1. The van der Waals surface area contributed by atoms with Crippen molar-refractivity contribution in [3.8, 4) is 23.3 Å². The lowest BCUT2D eigenvalue weighted by Crippen LogP contribution is -2.27. The van der Waals surface area contributed by atoms with E-state index in [1.807, 2.05) is 0 Å². The molecule has 1 aromatic carbocycles. The Bertz CT molecular complexity index is 692. The summed E-state index contributed by atoms with van der Waals surface area (Å²) in [6.07, 6.45) is 4.53. The van der Waals surface area contributed by atoms with Gasteiger partial charge in [0.2, 0.25) is 5.75 Å². The fourth-order valence-corrected chi connectivity index (χ4v) is 1.75. The Labute approximate surface area is 139 Å². The van der Waals surface area contributed by atoms with Crippen molar-refractivity contribution in [2.45, 2.75) is 6.92 Å². The summed E-state index contributed by atoms with van der Waals surface area (Å²) in [5.41, 5.74) is 0.583. The van der Waals surface area contributed by atoms with Crippen LogP contribution >= 0.6 is 12.2 Å². The molecule has 0 saturated heterocycles. The number of hydrogen-bond acceptors (Lipinski definition) is 6. The van der Waals surface area contributed by atoms with Gasteiger partial charge in [0.15, 0.2) is 11.5 Å². The number of phenols is 1. The SMILES string of the molecule is COc1cc(C=CC=C(C#N)C(=O)NC(C)=S)cc(OC)c1O. The van der Waals surface area contributed by atoms with Crippen LogP contribution in [0, 0.1) is 11.3 Å². The Morgan fingerprint density at radius 3 is 2.35 bits per heavy atom. The van der Waals surface area contributed by atoms with E-state index in [4.69, 9.17) is 27.0 Å². The Morgan fingerprint density at radius 2 is 1.91 bits per heavy atom. The number of nitrogens with one attached hydrogen (secondary N) is 1. The number of methoxy groups -OCH3 is 2. The van der Waals surface area contributed by atoms with Crippen LogP contribution in [0.5, 0.6) is 17.2 Å². The predicted octanol–water partition coefficient (Wildman–Crippen LogP) is 2.34. The van der Waals surface area contributed by atoms with E-state index in [0.717, 1.165) is 0 Å². The summed E-state index contributed by atoms with van der Waals surface area (Å²) in [6, 6.07) is 4.98. The molecule has 0 aliphatic heterocycles. The lowest BCUT2D eigenvalue weighted by molar-refractivity contribution is -0.115. The normalized spacial score (nSPS) is 11.0. The van der Waals surface area contributed by atoms with Gasteiger partial charge in [-0.15, -0.1) is 0 Å². The Kier molecular flexibility index (Phi) is 6.77. The largest absolute Gasteiger partial charge is 0.502 e. The first-order valence-electron chi connectivity index (χ1n) is 6.48. The lowest BCUT2D eigenvalue weighted by atomic mass is 10.1. The van der Waals surface area contributed by atoms with Gasteiger partial charge >= 0.3 is 0 Å². The van der Waals surface area contributed by atoms with Gasteiger partial charge in [-0.05, 0) is 30.7 Å². The number of phenolic OH excluding ortho intramolecular Hbond substituents is 1. The second-order valence-corrected chi connectivity index (χ2v) is 4.95. The third-order valence-electron chi connectivity index (χ3n) is 2.71. The van der Waals surface area contributed by atoms with Crippen molar-refractivity contribution in [3.05, 3.63) is 35.4 Å². The van der Waals surface area contributed by atoms with Gasteiger partial charge in [-0.25, -0.2) is 0 Å². The molecule has 7 heteroatoms. The molecule has 23 heavy (non-hydrogen) atoms. The smallest absolute Gasteiger partial charge is 0.266 e.